The van der Waals surface area contributed by atoms with Crippen LogP contribution in [0.25, 0.3) is 0 Å². The Labute approximate surface area is 167 Å². The minimum absolute atomic E-state index is 0.0721. The molecule has 0 aliphatic rings. The first kappa shape index (κ1) is 21.5. The number of ether oxygens (including phenoxy) is 1. The standard InChI is InChI=1S/C23H30N2O3/c1-15(2)19-9-7-8-17(4)23(19)25(18(5)26)13-12-22(27)24-20-14-16(3)10-11-21(20)28-6/h7-11,14-15H,12-13H2,1-6H3,(H,24,27). The lowest BCUT2D eigenvalue weighted by molar-refractivity contribution is -0.117. The van der Waals surface area contributed by atoms with E-state index in [2.05, 4.69) is 19.2 Å². The molecule has 0 unspecified atom stereocenters. The van der Waals surface area contributed by atoms with Crippen LogP contribution in [0.3, 0.4) is 0 Å². The molecule has 0 saturated carbocycles. The number of nitrogens with zero attached hydrogens (tertiary/aromatic N) is 1. The zero-order chi connectivity index (χ0) is 20.8. The number of carbonyl (C=O) groups is 2. The monoisotopic (exact) mass is 382 g/mol. The zero-order valence-corrected chi connectivity index (χ0v) is 17.6. The van der Waals surface area contributed by atoms with Crippen molar-refractivity contribution in [2.45, 2.75) is 47.0 Å². The van der Waals surface area contributed by atoms with Crippen molar-refractivity contribution in [3.63, 3.8) is 0 Å². The van der Waals surface area contributed by atoms with Crippen LogP contribution in [-0.2, 0) is 9.59 Å². The Morgan fingerprint density at radius 2 is 1.86 bits per heavy atom. The molecule has 0 spiro atoms. The highest BCUT2D eigenvalue weighted by atomic mass is 16.5. The summed E-state index contributed by atoms with van der Waals surface area (Å²) in [4.78, 5) is 26.6. The number of anilines is 2. The Hall–Kier alpha value is -2.82. The normalized spacial score (nSPS) is 10.7. The van der Waals surface area contributed by atoms with Gasteiger partial charge in [0.15, 0.2) is 0 Å². The molecule has 5 nitrogen and oxygen atoms in total. The first-order valence-electron chi connectivity index (χ1n) is 9.56. The van der Waals surface area contributed by atoms with Crippen molar-refractivity contribution in [1.82, 2.24) is 0 Å². The van der Waals surface area contributed by atoms with E-state index in [0.29, 0.717) is 18.0 Å². The summed E-state index contributed by atoms with van der Waals surface area (Å²) in [5, 5.41) is 2.90. The average molecular weight is 383 g/mol. The van der Waals surface area contributed by atoms with Gasteiger partial charge in [-0.2, -0.15) is 0 Å². The number of nitrogens with one attached hydrogen (secondary N) is 1. The number of hydrogen-bond acceptors (Lipinski definition) is 3. The Bertz CT molecular complexity index is 859. The van der Waals surface area contributed by atoms with Gasteiger partial charge in [0.25, 0.3) is 0 Å². The predicted octanol–water partition coefficient (Wildman–Crippen LogP) is 4.82. The third-order valence-corrected chi connectivity index (χ3v) is 4.73. The maximum Gasteiger partial charge on any atom is 0.226 e. The molecule has 0 heterocycles. The Balaban J connectivity index is 2.18. The van der Waals surface area contributed by atoms with E-state index in [1.807, 2.05) is 50.2 Å². The van der Waals surface area contributed by atoms with E-state index in [1.165, 1.54) is 6.92 Å². The van der Waals surface area contributed by atoms with Crippen molar-refractivity contribution in [1.29, 1.82) is 0 Å². The van der Waals surface area contributed by atoms with Gasteiger partial charge in [0.2, 0.25) is 11.8 Å². The fourth-order valence-electron chi connectivity index (χ4n) is 3.29. The zero-order valence-electron chi connectivity index (χ0n) is 17.6. The molecule has 0 aromatic heterocycles. The van der Waals surface area contributed by atoms with Crippen molar-refractivity contribution in [3.05, 3.63) is 53.1 Å². The van der Waals surface area contributed by atoms with Gasteiger partial charge in [0.05, 0.1) is 12.8 Å². The lowest BCUT2D eigenvalue weighted by Crippen LogP contribution is -2.33. The molecule has 0 saturated heterocycles. The van der Waals surface area contributed by atoms with Gasteiger partial charge in [0, 0.05) is 25.6 Å². The van der Waals surface area contributed by atoms with Crippen molar-refractivity contribution < 1.29 is 14.3 Å². The highest BCUT2D eigenvalue weighted by Gasteiger charge is 2.20. The van der Waals surface area contributed by atoms with Crippen LogP contribution in [0, 0.1) is 13.8 Å². The summed E-state index contributed by atoms with van der Waals surface area (Å²) in [7, 11) is 1.57. The van der Waals surface area contributed by atoms with Gasteiger partial charge in [-0.15, -0.1) is 0 Å². The molecule has 2 aromatic rings. The number of benzene rings is 2. The number of aryl methyl sites for hydroxylation is 2. The fraction of sp³-hybridized carbons (Fsp3) is 0.391. The summed E-state index contributed by atoms with van der Waals surface area (Å²) >= 11 is 0. The van der Waals surface area contributed by atoms with Crippen molar-refractivity contribution in [2.24, 2.45) is 0 Å². The van der Waals surface area contributed by atoms with Crippen LogP contribution < -0.4 is 15.0 Å². The summed E-state index contributed by atoms with van der Waals surface area (Å²) in [5.74, 6) is 0.664. The molecular weight excluding hydrogens is 352 g/mol. The van der Waals surface area contributed by atoms with Crippen LogP contribution in [0.15, 0.2) is 36.4 Å². The van der Waals surface area contributed by atoms with Crippen LogP contribution in [0.2, 0.25) is 0 Å². The van der Waals surface area contributed by atoms with Gasteiger partial charge >= 0.3 is 0 Å². The molecule has 28 heavy (non-hydrogen) atoms. The molecule has 2 aromatic carbocycles. The lowest BCUT2D eigenvalue weighted by atomic mass is 9.97. The number of amides is 2. The van der Waals surface area contributed by atoms with Crippen molar-refractivity contribution in [2.75, 3.05) is 23.9 Å². The third-order valence-electron chi connectivity index (χ3n) is 4.73. The molecule has 0 bridgehead atoms. The average Bonchev–Trinajstić information content (AvgIpc) is 2.62. The summed E-state index contributed by atoms with van der Waals surface area (Å²) in [6.45, 7) is 10.0. The van der Waals surface area contributed by atoms with Gasteiger partial charge in [-0.05, 0) is 48.6 Å². The summed E-state index contributed by atoms with van der Waals surface area (Å²) in [6.07, 6.45) is 0.197. The molecule has 1 N–H and O–H groups in total. The minimum atomic E-state index is -0.158. The van der Waals surface area contributed by atoms with E-state index < -0.39 is 0 Å². The Morgan fingerprint density at radius 1 is 1.14 bits per heavy atom. The molecule has 0 aliphatic carbocycles. The van der Waals surface area contributed by atoms with Gasteiger partial charge in [0.1, 0.15) is 5.75 Å². The van der Waals surface area contributed by atoms with Crippen LogP contribution in [0.4, 0.5) is 11.4 Å². The topological polar surface area (TPSA) is 58.6 Å². The van der Waals surface area contributed by atoms with Gasteiger partial charge in [-0.1, -0.05) is 38.1 Å². The second kappa shape index (κ2) is 9.40. The number of hydrogen-bond donors (Lipinski definition) is 1. The van der Waals surface area contributed by atoms with E-state index in [0.717, 1.165) is 22.4 Å². The molecule has 150 valence electrons. The van der Waals surface area contributed by atoms with Crippen LogP contribution in [0.5, 0.6) is 5.75 Å². The Morgan fingerprint density at radius 3 is 2.46 bits per heavy atom. The van der Waals surface area contributed by atoms with Crippen LogP contribution in [-0.4, -0.2) is 25.5 Å². The van der Waals surface area contributed by atoms with Crippen LogP contribution >= 0.6 is 0 Å². The first-order chi connectivity index (χ1) is 13.2. The second-order valence-electron chi connectivity index (χ2n) is 7.34. The quantitative estimate of drug-likeness (QED) is 0.747. The van der Waals surface area contributed by atoms with Gasteiger partial charge < -0.3 is 15.0 Å². The molecule has 0 radical (unpaired) electrons. The minimum Gasteiger partial charge on any atom is -0.495 e. The van der Waals surface area contributed by atoms with E-state index >= 15 is 0 Å². The largest absolute Gasteiger partial charge is 0.495 e. The maximum atomic E-state index is 12.5. The maximum absolute atomic E-state index is 12.5. The summed E-state index contributed by atoms with van der Waals surface area (Å²) < 4.78 is 5.31. The molecule has 2 amide bonds. The number of rotatable bonds is 7. The molecule has 0 atom stereocenters. The molecule has 0 fully saturated rings. The van der Waals surface area contributed by atoms with E-state index in [9.17, 15) is 9.59 Å². The SMILES string of the molecule is COc1ccc(C)cc1NC(=O)CCN(C(C)=O)c1c(C)cccc1C(C)C. The predicted molar refractivity (Wildman–Crippen MR) is 114 cm³/mol. The van der Waals surface area contributed by atoms with Gasteiger partial charge in [-0.3, -0.25) is 9.59 Å². The van der Waals surface area contributed by atoms with Gasteiger partial charge in [-0.25, -0.2) is 0 Å². The third kappa shape index (κ3) is 5.12. The smallest absolute Gasteiger partial charge is 0.226 e. The van der Waals surface area contributed by atoms with Crippen LogP contribution in [0.1, 0.15) is 49.8 Å². The van der Waals surface area contributed by atoms with Crippen molar-refractivity contribution in [3.8, 4) is 5.75 Å². The van der Waals surface area contributed by atoms with E-state index in [1.54, 1.807) is 12.0 Å². The van der Waals surface area contributed by atoms with E-state index in [4.69, 9.17) is 4.74 Å². The molecular formula is C23H30N2O3. The highest BCUT2D eigenvalue weighted by molar-refractivity contribution is 5.96. The number of methoxy groups -OCH3 is 1. The lowest BCUT2D eigenvalue weighted by Gasteiger charge is -2.27. The highest BCUT2D eigenvalue weighted by Crippen LogP contribution is 2.31. The molecule has 5 heteroatoms. The fourth-order valence-corrected chi connectivity index (χ4v) is 3.29. The first-order valence-corrected chi connectivity index (χ1v) is 9.56. The molecule has 0 aliphatic heterocycles. The second-order valence-corrected chi connectivity index (χ2v) is 7.34. The summed E-state index contributed by atoms with van der Waals surface area (Å²) in [6, 6.07) is 11.7. The Kier molecular flexibility index (Phi) is 7.21. The number of carbonyl (C=O) groups excluding carboxylic acids is 2. The summed E-state index contributed by atoms with van der Waals surface area (Å²) in [5.41, 5.74) is 4.72. The van der Waals surface area contributed by atoms with Crippen molar-refractivity contribution >= 4 is 23.2 Å². The molecule has 2 rings (SSSR count). The number of para-hydroxylation sites is 1. The van der Waals surface area contributed by atoms with E-state index in [-0.39, 0.29) is 24.2 Å².